The maximum atomic E-state index is 13.9. The Hall–Kier alpha value is -2.96. The summed E-state index contributed by atoms with van der Waals surface area (Å²) in [6, 6.07) is 10.2. The van der Waals surface area contributed by atoms with Gasteiger partial charge in [-0.1, -0.05) is 18.2 Å². The number of halogens is 2. The Morgan fingerprint density at radius 1 is 1.19 bits per heavy atom. The number of amides is 1. The lowest BCUT2D eigenvalue weighted by atomic mass is 10.1. The number of nitrogens with zero attached hydrogens (tertiary/aromatic N) is 1. The molecule has 5 nitrogen and oxygen atoms in total. The molecule has 2 aromatic carbocycles. The quantitative estimate of drug-likeness (QED) is 0.807. The molecule has 0 unspecified atom stereocenters. The number of hydrogen-bond donors (Lipinski definition) is 1. The number of carbonyl (C=O) groups is 2. The fourth-order valence-electron chi connectivity index (χ4n) is 3.08. The zero-order chi connectivity index (χ0) is 19.6. The number of benzene rings is 2. The number of carboxylic acids is 1. The number of hydrogen-bond acceptors (Lipinski definition) is 3. The average molecular weight is 375 g/mol. The number of rotatable bonds is 7. The Bertz CT molecular complexity index is 854. The Morgan fingerprint density at radius 2 is 1.89 bits per heavy atom. The van der Waals surface area contributed by atoms with Crippen molar-refractivity contribution in [2.75, 3.05) is 13.7 Å². The van der Waals surface area contributed by atoms with Gasteiger partial charge in [0.25, 0.3) is 0 Å². The lowest BCUT2D eigenvalue weighted by Gasteiger charge is -2.18. The molecule has 0 aliphatic heterocycles. The van der Waals surface area contributed by atoms with E-state index in [-0.39, 0.29) is 17.7 Å². The summed E-state index contributed by atoms with van der Waals surface area (Å²) in [5.74, 6) is -2.47. The molecule has 2 aromatic rings. The topological polar surface area (TPSA) is 66.8 Å². The van der Waals surface area contributed by atoms with Crippen LogP contribution in [0.25, 0.3) is 0 Å². The minimum Gasteiger partial charge on any atom is -0.482 e. The van der Waals surface area contributed by atoms with Gasteiger partial charge >= 0.3 is 5.97 Å². The zero-order valence-electron chi connectivity index (χ0n) is 14.7. The fraction of sp³-hybridized carbons (Fsp3) is 0.300. The second kappa shape index (κ2) is 7.73. The average Bonchev–Trinajstić information content (AvgIpc) is 3.40. The van der Waals surface area contributed by atoms with Crippen LogP contribution in [-0.2, 0) is 16.1 Å². The molecule has 142 valence electrons. The van der Waals surface area contributed by atoms with Gasteiger partial charge in [-0.05, 0) is 41.7 Å². The fourth-order valence-corrected chi connectivity index (χ4v) is 3.08. The second-order valence-corrected chi connectivity index (χ2v) is 6.64. The van der Waals surface area contributed by atoms with Gasteiger partial charge in [-0.3, -0.25) is 4.79 Å². The van der Waals surface area contributed by atoms with Crippen molar-refractivity contribution in [3.8, 4) is 5.75 Å². The Balaban J connectivity index is 1.56. The van der Waals surface area contributed by atoms with Gasteiger partial charge in [0.1, 0.15) is 17.4 Å². The van der Waals surface area contributed by atoms with Crippen molar-refractivity contribution in [3.63, 3.8) is 0 Å². The molecular formula is C20H19F2NO4. The second-order valence-electron chi connectivity index (χ2n) is 6.64. The molecule has 0 bridgehead atoms. The summed E-state index contributed by atoms with van der Waals surface area (Å²) in [6.45, 7) is -0.0477. The SMILES string of the molecule is CN(Cc1ccc(OCC(=O)O)cc1)C(=O)[C@@H]1C[C@H]1c1ccc(F)cc1F. The van der Waals surface area contributed by atoms with Crippen LogP contribution >= 0.6 is 0 Å². The standard InChI is InChI=1S/C20H19F2NO4/c1-23(10-12-2-5-14(6-3-12)27-11-19(24)25)20(26)17-9-16(17)15-7-4-13(21)8-18(15)22/h2-8,16-17H,9-11H2,1H3,(H,24,25)/t16-,17+/m0/s1. The molecule has 27 heavy (non-hydrogen) atoms. The molecule has 7 heteroatoms. The number of aliphatic carboxylic acids is 1. The molecule has 1 amide bonds. The zero-order valence-corrected chi connectivity index (χ0v) is 14.7. The van der Waals surface area contributed by atoms with E-state index < -0.39 is 24.2 Å². The summed E-state index contributed by atoms with van der Waals surface area (Å²) < 4.78 is 31.9. The van der Waals surface area contributed by atoms with Crippen LogP contribution in [0.4, 0.5) is 8.78 Å². The third kappa shape index (κ3) is 4.61. The molecule has 0 saturated heterocycles. The van der Waals surface area contributed by atoms with E-state index in [1.54, 1.807) is 36.2 Å². The first kappa shape index (κ1) is 18.8. The van der Waals surface area contributed by atoms with Gasteiger partial charge in [0.2, 0.25) is 5.91 Å². The van der Waals surface area contributed by atoms with Crippen LogP contribution in [0.1, 0.15) is 23.5 Å². The monoisotopic (exact) mass is 375 g/mol. The molecule has 1 saturated carbocycles. The molecule has 1 aliphatic rings. The van der Waals surface area contributed by atoms with Gasteiger partial charge in [0, 0.05) is 25.6 Å². The molecule has 1 N–H and O–H groups in total. The van der Waals surface area contributed by atoms with E-state index in [1.807, 2.05) is 0 Å². The molecule has 3 rings (SSSR count). The van der Waals surface area contributed by atoms with Crippen LogP contribution in [0.2, 0.25) is 0 Å². The van der Waals surface area contributed by atoms with E-state index in [2.05, 4.69) is 0 Å². The van der Waals surface area contributed by atoms with Crippen molar-refractivity contribution in [3.05, 3.63) is 65.2 Å². The summed E-state index contributed by atoms with van der Waals surface area (Å²) in [5, 5.41) is 8.59. The van der Waals surface area contributed by atoms with Crippen LogP contribution in [0.3, 0.4) is 0 Å². The van der Waals surface area contributed by atoms with Crippen molar-refractivity contribution in [2.24, 2.45) is 5.92 Å². The maximum absolute atomic E-state index is 13.9. The van der Waals surface area contributed by atoms with Crippen LogP contribution in [0.5, 0.6) is 5.75 Å². The molecular weight excluding hydrogens is 356 g/mol. The van der Waals surface area contributed by atoms with Gasteiger partial charge in [-0.15, -0.1) is 0 Å². The Morgan fingerprint density at radius 3 is 2.52 bits per heavy atom. The first-order valence-electron chi connectivity index (χ1n) is 8.48. The predicted octanol–water partition coefficient (Wildman–Crippen LogP) is 3.19. The molecule has 0 radical (unpaired) electrons. The number of ether oxygens (including phenoxy) is 1. The van der Waals surface area contributed by atoms with Crippen LogP contribution in [0.15, 0.2) is 42.5 Å². The Labute approximate surface area is 155 Å². The summed E-state index contributed by atoms with van der Waals surface area (Å²) >= 11 is 0. The number of carboxylic acid groups (broad SMARTS) is 1. The largest absolute Gasteiger partial charge is 0.482 e. The van der Waals surface area contributed by atoms with Gasteiger partial charge in [0.05, 0.1) is 0 Å². The smallest absolute Gasteiger partial charge is 0.341 e. The van der Waals surface area contributed by atoms with Crippen molar-refractivity contribution >= 4 is 11.9 Å². The highest BCUT2D eigenvalue weighted by molar-refractivity contribution is 5.82. The normalized spacial score (nSPS) is 18.0. The maximum Gasteiger partial charge on any atom is 0.341 e. The minimum absolute atomic E-state index is 0.0880. The lowest BCUT2D eigenvalue weighted by molar-refractivity contribution is -0.139. The minimum atomic E-state index is -1.05. The molecule has 0 aromatic heterocycles. The molecule has 2 atom stereocenters. The van der Waals surface area contributed by atoms with Gasteiger partial charge in [-0.25, -0.2) is 13.6 Å². The predicted molar refractivity (Wildman–Crippen MR) is 93.3 cm³/mol. The molecule has 0 spiro atoms. The third-order valence-electron chi connectivity index (χ3n) is 4.55. The third-order valence-corrected chi connectivity index (χ3v) is 4.55. The van der Waals surface area contributed by atoms with E-state index in [9.17, 15) is 18.4 Å². The van der Waals surface area contributed by atoms with E-state index in [0.29, 0.717) is 24.3 Å². The van der Waals surface area contributed by atoms with Crippen LogP contribution in [-0.4, -0.2) is 35.5 Å². The highest BCUT2D eigenvalue weighted by Gasteiger charge is 2.46. The van der Waals surface area contributed by atoms with Gasteiger partial charge in [0.15, 0.2) is 6.61 Å². The van der Waals surface area contributed by atoms with Gasteiger partial charge < -0.3 is 14.7 Å². The van der Waals surface area contributed by atoms with E-state index >= 15 is 0 Å². The first-order chi connectivity index (χ1) is 12.8. The van der Waals surface area contributed by atoms with Crippen molar-refractivity contribution < 1.29 is 28.2 Å². The highest BCUT2D eigenvalue weighted by Crippen LogP contribution is 2.49. The molecule has 0 heterocycles. The molecule has 1 aliphatic carbocycles. The summed E-state index contributed by atoms with van der Waals surface area (Å²) in [6.07, 6.45) is 0.549. The van der Waals surface area contributed by atoms with E-state index in [4.69, 9.17) is 9.84 Å². The lowest BCUT2D eigenvalue weighted by Crippen LogP contribution is -2.28. The highest BCUT2D eigenvalue weighted by atomic mass is 19.1. The Kier molecular flexibility index (Phi) is 5.39. The molecule has 1 fully saturated rings. The first-order valence-corrected chi connectivity index (χ1v) is 8.48. The van der Waals surface area contributed by atoms with Crippen molar-refractivity contribution in [2.45, 2.75) is 18.9 Å². The summed E-state index contributed by atoms with van der Waals surface area (Å²) in [4.78, 5) is 24.6. The van der Waals surface area contributed by atoms with Crippen molar-refractivity contribution in [1.82, 2.24) is 4.90 Å². The van der Waals surface area contributed by atoms with Crippen LogP contribution in [0, 0.1) is 17.6 Å². The number of carbonyl (C=O) groups excluding carboxylic acids is 1. The summed E-state index contributed by atoms with van der Waals surface area (Å²) in [5.41, 5.74) is 1.24. The van der Waals surface area contributed by atoms with E-state index in [0.717, 1.165) is 11.6 Å². The van der Waals surface area contributed by atoms with E-state index in [1.165, 1.54) is 12.1 Å². The van der Waals surface area contributed by atoms with Crippen molar-refractivity contribution in [1.29, 1.82) is 0 Å². The van der Waals surface area contributed by atoms with Crippen LogP contribution < -0.4 is 4.74 Å². The van der Waals surface area contributed by atoms with Gasteiger partial charge in [-0.2, -0.15) is 0 Å². The summed E-state index contributed by atoms with van der Waals surface area (Å²) in [7, 11) is 1.67.